The predicted octanol–water partition coefficient (Wildman–Crippen LogP) is 5.83. The van der Waals surface area contributed by atoms with E-state index in [1.54, 1.807) is 0 Å². The van der Waals surface area contributed by atoms with Crippen molar-refractivity contribution in [2.45, 2.75) is 95.6 Å². The number of carbonyl (C=O) groups is 1. The number of hydrogen-bond donors (Lipinski definition) is 2. The largest absolute Gasteiger partial charge is 0.286 e. The third-order valence-corrected chi connectivity index (χ3v) is 4.62. The first kappa shape index (κ1) is 19.4. The van der Waals surface area contributed by atoms with E-state index in [4.69, 9.17) is 0 Å². The van der Waals surface area contributed by atoms with E-state index in [0.29, 0.717) is 0 Å². The van der Waals surface area contributed by atoms with E-state index < -0.39 is 0 Å². The molecule has 0 aliphatic carbocycles. The van der Waals surface area contributed by atoms with Crippen LogP contribution in [0.5, 0.6) is 0 Å². The van der Waals surface area contributed by atoms with Gasteiger partial charge in [0.2, 0.25) is 0 Å². The Hall–Kier alpha value is 0.370. The maximum atomic E-state index is 10.9. The Morgan fingerprint density at radius 1 is 0.789 bits per heavy atom. The fourth-order valence-electron chi connectivity index (χ4n) is 2.30. The summed E-state index contributed by atoms with van der Waals surface area (Å²) in [4.78, 5) is 10.9. The summed E-state index contributed by atoms with van der Waals surface area (Å²) >= 11 is 7.99. The molecule has 0 spiro atoms. The van der Waals surface area contributed by atoms with Crippen LogP contribution in [0.3, 0.4) is 0 Å². The summed E-state index contributed by atoms with van der Waals surface area (Å²) in [5, 5.41) is -0.252. The number of unbranched alkanes of at least 4 members (excludes halogenated alkanes) is 11. The van der Waals surface area contributed by atoms with E-state index in [0.717, 1.165) is 12.8 Å². The van der Waals surface area contributed by atoms with Crippen molar-refractivity contribution in [3.63, 3.8) is 0 Å². The highest BCUT2D eigenvalue weighted by atomic mass is 32.1. The van der Waals surface area contributed by atoms with E-state index in [-0.39, 0.29) is 10.4 Å². The normalized spacial score (nSPS) is 12.6. The van der Waals surface area contributed by atoms with Crippen molar-refractivity contribution < 1.29 is 4.79 Å². The van der Waals surface area contributed by atoms with E-state index in [1.165, 1.54) is 70.6 Å². The highest BCUT2D eigenvalue weighted by Gasteiger charge is 2.08. The Labute approximate surface area is 131 Å². The molecular formula is C16H32OS2. The number of rotatable bonds is 14. The molecule has 0 rings (SSSR count). The van der Waals surface area contributed by atoms with Gasteiger partial charge in [-0.1, -0.05) is 84.0 Å². The minimum atomic E-state index is -0.161. The minimum Gasteiger partial charge on any atom is -0.286 e. The topological polar surface area (TPSA) is 17.1 Å². The van der Waals surface area contributed by atoms with Crippen LogP contribution in [0.1, 0.15) is 90.4 Å². The van der Waals surface area contributed by atoms with Gasteiger partial charge in [0, 0.05) is 0 Å². The van der Waals surface area contributed by atoms with Crippen LogP contribution >= 0.6 is 25.3 Å². The van der Waals surface area contributed by atoms with Crippen LogP contribution in [-0.2, 0) is 4.79 Å². The summed E-state index contributed by atoms with van der Waals surface area (Å²) < 4.78 is 0. The van der Waals surface area contributed by atoms with Gasteiger partial charge in [0.05, 0.1) is 5.25 Å². The minimum absolute atomic E-state index is 0.0913. The third kappa shape index (κ3) is 14.6. The second-order valence-corrected chi connectivity index (χ2v) is 6.60. The average Bonchev–Trinajstić information content (AvgIpc) is 2.39. The van der Waals surface area contributed by atoms with Gasteiger partial charge >= 0.3 is 0 Å². The van der Waals surface area contributed by atoms with E-state index in [2.05, 4.69) is 32.2 Å². The van der Waals surface area contributed by atoms with Crippen molar-refractivity contribution in [3.05, 3.63) is 0 Å². The molecule has 0 bridgehead atoms. The fourth-order valence-corrected chi connectivity index (χ4v) is 2.61. The van der Waals surface area contributed by atoms with Gasteiger partial charge in [-0.25, -0.2) is 0 Å². The third-order valence-electron chi connectivity index (χ3n) is 3.62. The van der Waals surface area contributed by atoms with E-state index >= 15 is 0 Å². The van der Waals surface area contributed by atoms with Crippen molar-refractivity contribution in [3.8, 4) is 0 Å². The van der Waals surface area contributed by atoms with Gasteiger partial charge in [-0.3, -0.25) is 4.79 Å². The summed E-state index contributed by atoms with van der Waals surface area (Å²) in [5.41, 5.74) is 0. The van der Waals surface area contributed by atoms with Gasteiger partial charge in [-0.2, -0.15) is 12.6 Å². The lowest BCUT2D eigenvalue weighted by Gasteiger charge is -2.05. The van der Waals surface area contributed by atoms with Crippen molar-refractivity contribution in [1.29, 1.82) is 0 Å². The first-order valence-electron chi connectivity index (χ1n) is 8.09. The van der Waals surface area contributed by atoms with Gasteiger partial charge in [0.15, 0.2) is 5.12 Å². The molecule has 0 aromatic heterocycles. The number of hydrogen-bond acceptors (Lipinski definition) is 2. The van der Waals surface area contributed by atoms with Gasteiger partial charge in [0.1, 0.15) is 0 Å². The zero-order chi connectivity index (χ0) is 14.3. The summed E-state index contributed by atoms with van der Waals surface area (Å²) in [7, 11) is 0. The fraction of sp³-hybridized carbons (Fsp3) is 0.938. The van der Waals surface area contributed by atoms with Crippen LogP contribution in [0, 0.1) is 0 Å². The summed E-state index contributed by atoms with van der Waals surface area (Å²) in [5.74, 6) is 0. The molecular weight excluding hydrogens is 272 g/mol. The van der Waals surface area contributed by atoms with Crippen LogP contribution in [0.2, 0.25) is 0 Å². The van der Waals surface area contributed by atoms with Crippen molar-refractivity contribution >= 4 is 30.4 Å². The molecule has 0 radical (unpaired) electrons. The Morgan fingerprint density at radius 3 is 1.53 bits per heavy atom. The number of thiol groups is 2. The zero-order valence-corrected chi connectivity index (χ0v) is 14.4. The SMILES string of the molecule is CCCCCCCCCCCCCCC(S)C(=O)S. The monoisotopic (exact) mass is 304 g/mol. The number of carbonyl (C=O) groups excluding carboxylic acids is 1. The Morgan fingerprint density at radius 2 is 1.16 bits per heavy atom. The molecule has 0 aromatic rings. The maximum Gasteiger partial charge on any atom is 0.198 e. The van der Waals surface area contributed by atoms with Crippen LogP contribution in [0.4, 0.5) is 0 Å². The smallest absolute Gasteiger partial charge is 0.198 e. The molecule has 0 saturated heterocycles. The van der Waals surface area contributed by atoms with Gasteiger partial charge in [0.25, 0.3) is 0 Å². The van der Waals surface area contributed by atoms with Crippen molar-refractivity contribution in [2.24, 2.45) is 0 Å². The Kier molecular flexibility index (Phi) is 15.1. The van der Waals surface area contributed by atoms with Crippen molar-refractivity contribution in [1.82, 2.24) is 0 Å². The van der Waals surface area contributed by atoms with Gasteiger partial charge in [-0.15, -0.1) is 12.6 Å². The van der Waals surface area contributed by atoms with Crippen LogP contribution in [-0.4, -0.2) is 10.4 Å². The second-order valence-electron chi connectivity index (χ2n) is 5.53. The molecule has 3 heteroatoms. The highest BCUT2D eigenvalue weighted by Crippen LogP contribution is 2.14. The molecule has 0 aliphatic heterocycles. The first-order chi connectivity index (χ1) is 9.18. The highest BCUT2D eigenvalue weighted by molar-refractivity contribution is 7.99. The molecule has 114 valence electrons. The lowest BCUT2D eigenvalue weighted by atomic mass is 10.0. The van der Waals surface area contributed by atoms with Crippen LogP contribution < -0.4 is 0 Å². The van der Waals surface area contributed by atoms with E-state index in [9.17, 15) is 4.79 Å². The summed E-state index contributed by atoms with van der Waals surface area (Å²) in [6.45, 7) is 2.27. The molecule has 0 aromatic carbocycles. The lowest BCUT2D eigenvalue weighted by molar-refractivity contribution is -0.110. The molecule has 0 saturated carbocycles. The molecule has 1 atom stereocenters. The summed E-state index contributed by atoms with van der Waals surface area (Å²) in [6.07, 6.45) is 17.1. The summed E-state index contributed by atoms with van der Waals surface area (Å²) in [6, 6.07) is 0. The molecule has 19 heavy (non-hydrogen) atoms. The molecule has 1 unspecified atom stereocenters. The second kappa shape index (κ2) is 14.8. The predicted molar refractivity (Wildman–Crippen MR) is 92.5 cm³/mol. The quantitative estimate of drug-likeness (QED) is 0.305. The van der Waals surface area contributed by atoms with E-state index in [1.807, 2.05) is 0 Å². The van der Waals surface area contributed by atoms with Crippen molar-refractivity contribution in [2.75, 3.05) is 0 Å². The Balaban J connectivity index is 3.05. The molecule has 0 aliphatic rings. The van der Waals surface area contributed by atoms with Gasteiger partial charge in [-0.05, 0) is 6.42 Å². The lowest BCUT2D eigenvalue weighted by Crippen LogP contribution is -2.07. The molecule has 0 amide bonds. The molecule has 0 fully saturated rings. The Bertz CT molecular complexity index is 207. The van der Waals surface area contributed by atoms with Gasteiger partial charge < -0.3 is 0 Å². The standard InChI is InChI=1S/C16H32OS2/c1-2-3-4-5-6-7-8-9-10-11-12-13-14-15(18)16(17)19/h15,18H,2-14H2,1H3,(H,17,19). The molecule has 1 nitrogen and oxygen atoms in total. The zero-order valence-electron chi connectivity index (χ0n) is 12.6. The average molecular weight is 305 g/mol. The van der Waals surface area contributed by atoms with Crippen LogP contribution in [0.15, 0.2) is 0 Å². The maximum absolute atomic E-state index is 10.9. The van der Waals surface area contributed by atoms with Crippen LogP contribution in [0.25, 0.3) is 0 Å². The molecule has 0 N–H and O–H groups in total. The first-order valence-corrected chi connectivity index (χ1v) is 9.05. The molecule has 0 heterocycles.